The number of carbonyl (C=O) groups is 2. The van der Waals surface area contributed by atoms with Crippen molar-refractivity contribution in [1.29, 1.82) is 0 Å². The molecule has 114 valence electrons. The Labute approximate surface area is 119 Å². The van der Waals surface area contributed by atoms with Crippen molar-refractivity contribution in [3.8, 4) is 0 Å². The van der Waals surface area contributed by atoms with Gasteiger partial charge in [0.25, 0.3) is 0 Å². The first-order chi connectivity index (χ1) is 9.38. The van der Waals surface area contributed by atoms with Crippen molar-refractivity contribution in [2.45, 2.75) is 12.5 Å². The first-order valence-corrected chi connectivity index (χ1v) is 6.92. The van der Waals surface area contributed by atoms with Gasteiger partial charge >= 0.3 is 5.97 Å². The molecule has 0 aromatic rings. The van der Waals surface area contributed by atoms with E-state index in [0.29, 0.717) is 19.6 Å². The first-order valence-electron chi connectivity index (χ1n) is 6.92. The summed E-state index contributed by atoms with van der Waals surface area (Å²) in [5, 5.41) is 8.60. The molecule has 0 bridgehead atoms. The molecule has 20 heavy (non-hydrogen) atoms. The van der Waals surface area contributed by atoms with Crippen LogP contribution in [0.4, 0.5) is 0 Å². The molecular weight excluding hydrogens is 262 g/mol. The monoisotopic (exact) mass is 285 g/mol. The van der Waals surface area contributed by atoms with Gasteiger partial charge in [0.05, 0.1) is 12.1 Å². The Bertz CT molecular complexity index is 374. The number of carboxylic acids is 1. The topological polar surface area (TPSA) is 73.3 Å². The van der Waals surface area contributed by atoms with Crippen molar-refractivity contribution in [3.63, 3.8) is 0 Å². The molecule has 0 aromatic carbocycles. The zero-order valence-electron chi connectivity index (χ0n) is 12.2. The lowest BCUT2D eigenvalue weighted by molar-refractivity contribution is -0.168. The fourth-order valence-electron chi connectivity index (χ4n) is 2.69. The van der Waals surface area contributed by atoms with Crippen molar-refractivity contribution in [2.24, 2.45) is 0 Å². The number of hydrogen-bond donors (Lipinski definition) is 1. The Hall–Kier alpha value is -1.18. The largest absolute Gasteiger partial charge is 0.480 e. The second kappa shape index (κ2) is 6.07. The maximum Gasteiger partial charge on any atom is 0.329 e. The van der Waals surface area contributed by atoms with Crippen LogP contribution in [0.1, 0.15) is 6.92 Å². The summed E-state index contributed by atoms with van der Waals surface area (Å²) in [5.74, 6) is -0.809. The van der Waals surface area contributed by atoms with E-state index in [1.54, 1.807) is 0 Å². The third-order valence-corrected chi connectivity index (χ3v) is 3.88. The third-order valence-electron chi connectivity index (χ3n) is 3.88. The number of carboxylic acid groups (broad SMARTS) is 1. The highest BCUT2D eigenvalue weighted by atomic mass is 16.5. The van der Waals surface area contributed by atoms with E-state index in [1.807, 2.05) is 16.7 Å². The molecule has 1 N–H and O–H groups in total. The number of ether oxygens (including phenoxy) is 1. The number of amides is 1. The summed E-state index contributed by atoms with van der Waals surface area (Å²) in [6.07, 6.45) is 0. The highest BCUT2D eigenvalue weighted by molar-refractivity contribution is 5.78. The maximum atomic E-state index is 12.1. The van der Waals surface area contributed by atoms with E-state index in [0.717, 1.165) is 26.2 Å². The van der Waals surface area contributed by atoms with Gasteiger partial charge < -0.3 is 19.6 Å². The van der Waals surface area contributed by atoms with Crippen LogP contribution in [0.5, 0.6) is 0 Å². The van der Waals surface area contributed by atoms with Crippen LogP contribution < -0.4 is 0 Å². The van der Waals surface area contributed by atoms with Crippen LogP contribution in [-0.2, 0) is 14.3 Å². The summed E-state index contributed by atoms with van der Waals surface area (Å²) in [4.78, 5) is 28.7. The number of piperazine rings is 1. The van der Waals surface area contributed by atoms with Crippen molar-refractivity contribution in [1.82, 2.24) is 14.7 Å². The van der Waals surface area contributed by atoms with Crippen molar-refractivity contribution in [3.05, 3.63) is 0 Å². The Kier molecular flexibility index (Phi) is 4.62. The summed E-state index contributed by atoms with van der Waals surface area (Å²) in [6.45, 7) is 6.64. The smallest absolute Gasteiger partial charge is 0.329 e. The quantitative estimate of drug-likeness (QED) is 0.694. The molecule has 1 amide bonds. The van der Waals surface area contributed by atoms with E-state index in [-0.39, 0.29) is 12.5 Å². The minimum atomic E-state index is -0.960. The number of hydrogen-bond acceptors (Lipinski definition) is 5. The predicted octanol–water partition coefficient (Wildman–Crippen LogP) is -1.06. The minimum absolute atomic E-state index is 0.151. The Morgan fingerprint density at radius 2 is 1.80 bits per heavy atom. The average molecular weight is 285 g/mol. The van der Waals surface area contributed by atoms with Gasteiger partial charge in [0.15, 0.2) is 0 Å². The summed E-state index contributed by atoms with van der Waals surface area (Å²) in [6, 6.07) is 0. The first kappa shape index (κ1) is 15.2. The van der Waals surface area contributed by atoms with Crippen LogP contribution in [0.2, 0.25) is 0 Å². The van der Waals surface area contributed by atoms with Crippen LogP contribution in [0.25, 0.3) is 0 Å². The Morgan fingerprint density at radius 1 is 1.20 bits per heavy atom. The number of likely N-dealkylation sites (N-methyl/N-ethyl adjacent to an activating group) is 1. The van der Waals surface area contributed by atoms with Gasteiger partial charge in [0, 0.05) is 39.3 Å². The van der Waals surface area contributed by atoms with Crippen LogP contribution in [-0.4, -0.2) is 96.8 Å². The standard InChI is InChI=1S/C13H23N3O4/c1-13(20-8-12(18)19)9-15(10-13)7-11(17)16-5-3-14(2)4-6-16/h3-10H2,1-2H3,(H,18,19). The number of likely N-dealkylation sites (tertiary alicyclic amines) is 1. The summed E-state index contributed by atoms with van der Waals surface area (Å²) >= 11 is 0. The second-order valence-electron chi connectivity index (χ2n) is 5.96. The molecule has 0 radical (unpaired) electrons. The zero-order valence-corrected chi connectivity index (χ0v) is 12.2. The Morgan fingerprint density at radius 3 is 2.35 bits per heavy atom. The van der Waals surface area contributed by atoms with Crippen LogP contribution in [0.15, 0.2) is 0 Å². The van der Waals surface area contributed by atoms with E-state index < -0.39 is 11.6 Å². The van der Waals surface area contributed by atoms with Crippen LogP contribution in [0.3, 0.4) is 0 Å². The van der Waals surface area contributed by atoms with E-state index in [9.17, 15) is 9.59 Å². The van der Waals surface area contributed by atoms with Crippen molar-refractivity contribution >= 4 is 11.9 Å². The average Bonchev–Trinajstić information content (AvgIpc) is 2.35. The molecule has 0 spiro atoms. The minimum Gasteiger partial charge on any atom is -0.480 e. The molecule has 2 saturated heterocycles. The van der Waals surface area contributed by atoms with Gasteiger partial charge in [-0.05, 0) is 14.0 Å². The molecule has 2 aliphatic rings. The van der Waals surface area contributed by atoms with Gasteiger partial charge in [-0.2, -0.15) is 0 Å². The third kappa shape index (κ3) is 3.91. The molecule has 2 rings (SSSR count). The molecule has 7 nitrogen and oxygen atoms in total. The van der Waals surface area contributed by atoms with E-state index in [2.05, 4.69) is 11.9 Å². The van der Waals surface area contributed by atoms with E-state index in [1.165, 1.54) is 0 Å². The second-order valence-corrected chi connectivity index (χ2v) is 5.96. The molecule has 0 unspecified atom stereocenters. The summed E-state index contributed by atoms with van der Waals surface area (Å²) in [5.41, 5.74) is -0.430. The fourth-order valence-corrected chi connectivity index (χ4v) is 2.69. The van der Waals surface area contributed by atoms with Gasteiger partial charge in [-0.3, -0.25) is 9.69 Å². The summed E-state index contributed by atoms with van der Waals surface area (Å²) in [7, 11) is 2.06. The zero-order chi connectivity index (χ0) is 14.8. The van der Waals surface area contributed by atoms with Gasteiger partial charge in [-0.1, -0.05) is 0 Å². The van der Waals surface area contributed by atoms with E-state index in [4.69, 9.17) is 9.84 Å². The summed E-state index contributed by atoms with van der Waals surface area (Å²) < 4.78 is 5.33. The van der Waals surface area contributed by atoms with E-state index >= 15 is 0 Å². The van der Waals surface area contributed by atoms with Crippen molar-refractivity contribution in [2.75, 3.05) is 59.5 Å². The van der Waals surface area contributed by atoms with Gasteiger partial charge in [-0.25, -0.2) is 4.79 Å². The molecule has 2 aliphatic heterocycles. The molecule has 0 aromatic heterocycles. The molecule has 0 saturated carbocycles. The lowest BCUT2D eigenvalue weighted by Gasteiger charge is -2.47. The lowest BCUT2D eigenvalue weighted by Crippen LogP contribution is -2.64. The van der Waals surface area contributed by atoms with Crippen molar-refractivity contribution < 1.29 is 19.4 Å². The normalized spacial score (nSPS) is 23.4. The van der Waals surface area contributed by atoms with Gasteiger partial charge in [0.1, 0.15) is 6.61 Å². The van der Waals surface area contributed by atoms with Gasteiger partial charge in [-0.15, -0.1) is 0 Å². The molecule has 0 atom stereocenters. The van der Waals surface area contributed by atoms with Gasteiger partial charge in [0.2, 0.25) is 5.91 Å². The fraction of sp³-hybridized carbons (Fsp3) is 0.846. The lowest BCUT2D eigenvalue weighted by atomic mass is 9.96. The van der Waals surface area contributed by atoms with Crippen LogP contribution >= 0.6 is 0 Å². The molecular formula is C13H23N3O4. The molecule has 2 heterocycles. The Balaban J connectivity index is 1.68. The molecule has 2 fully saturated rings. The SMILES string of the molecule is CN1CCN(C(=O)CN2CC(C)(OCC(=O)O)C2)CC1. The number of carbonyl (C=O) groups excluding carboxylic acids is 1. The predicted molar refractivity (Wildman–Crippen MR) is 72.5 cm³/mol. The highest BCUT2D eigenvalue weighted by Crippen LogP contribution is 2.24. The number of rotatable bonds is 5. The number of nitrogens with zero attached hydrogens (tertiary/aromatic N) is 3. The highest BCUT2D eigenvalue weighted by Gasteiger charge is 2.41. The maximum absolute atomic E-state index is 12.1. The molecule has 0 aliphatic carbocycles. The molecule has 7 heteroatoms. The van der Waals surface area contributed by atoms with Crippen LogP contribution in [0, 0.1) is 0 Å². The number of aliphatic carboxylic acids is 1.